The topological polar surface area (TPSA) is 58.8 Å². The van der Waals surface area contributed by atoms with Crippen LogP contribution in [-0.2, 0) is 0 Å². The highest BCUT2D eigenvalue weighted by Crippen LogP contribution is 2.13. The van der Waals surface area contributed by atoms with Gasteiger partial charge in [-0.15, -0.1) is 0 Å². The van der Waals surface area contributed by atoms with Crippen molar-refractivity contribution in [3.05, 3.63) is 71.2 Å². The van der Waals surface area contributed by atoms with Gasteiger partial charge in [0.2, 0.25) is 0 Å². The Hall–Kier alpha value is -3.09. The summed E-state index contributed by atoms with van der Waals surface area (Å²) in [6, 6.07) is 8.44. The van der Waals surface area contributed by atoms with E-state index in [0.29, 0.717) is 17.0 Å². The molecule has 5 nitrogen and oxygen atoms in total. The van der Waals surface area contributed by atoms with Crippen molar-refractivity contribution in [1.82, 2.24) is 14.8 Å². The number of rotatable bonds is 3. The number of hydrogen-bond acceptors (Lipinski definition) is 3. The predicted molar refractivity (Wildman–Crippen MR) is 86.0 cm³/mol. The van der Waals surface area contributed by atoms with Gasteiger partial charge in [-0.05, 0) is 44.2 Å². The van der Waals surface area contributed by atoms with E-state index in [-0.39, 0.29) is 11.3 Å². The monoisotopic (exact) mass is 328 g/mol. The number of nitrogens with one attached hydrogen (secondary N) is 1. The van der Waals surface area contributed by atoms with Gasteiger partial charge >= 0.3 is 0 Å². The molecule has 0 saturated carbocycles. The molecule has 0 aliphatic rings. The molecular formula is C17H14F2N4O. The Bertz CT molecular complexity index is 962. The molecule has 2 aromatic heterocycles. The Morgan fingerprint density at radius 1 is 1.25 bits per heavy atom. The number of pyridine rings is 1. The van der Waals surface area contributed by atoms with Crippen molar-refractivity contribution in [2.45, 2.75) is 13.8 Å². The molecule has 0 unspecified atom stereocenters. The molecule has 0 fully saturated rings. The number of hydrogen-bond donors (Lipinski definition) is 1. The lowest BCUT2D eigenvalue weighted by atomic mass is 10.1. The second-order valence-electron chi connectivity index (χ2n) is 5.24. The maximum Gasteiger partial charge on any atom is 0.290 e. The molecular weight excluding hydrogens is 314 g/mol. The molecule has 0 bridgehead atoms. The maximum absolute atomic E-state index is 13.7. The van der Waals surface area contributed by atoms with Crippen LogP contribution in [0.4, 0.5) is 8.78 Å². The molecule has 0 saturated heterocycles. The summed E-state index contributed by atoms with van der Waals surface area (Å²) in [6.07, 6.45) is 1.72. The molecule has 24 heavy (non-hydrogen) atoms. The molecule has 0 atom stereocenters. The first kappa shape index (κ1) is 15.8. The summed E-state index contributed by atoms with van der Waals surface area (Å²) in [5.74, 6) is -1.68. The van der Waals surface area contributed by atoms with Gasteiger partial charge in [0.1, 0.15) is 23.0 Å². The van der Waals surface area contributed by atoms with E-state index in [1.807, 2.05) is 6.07 Å². The zero-order valence-electron chi connectivity index (χ0n) is 13.0. The summed E-state index contributed by atoms with van der Waals surface area (Å²) in [5.41, 5.74) is 4.03. The zero-order valence-corrected chi connectivity index (χ0v) is 13.0. The fraction of sp³-hybridized carbons (Fsp3) is 0.118. The summed E-state index contributed by atoms with van der Waals surface area (Å²) >= 11 is 0. The number of fused-ring (bicyclic) bond motifs is 1. The Labute approximate surface area is 136 Å². The molecule has 1 amide bonds. The van der Waals surface area contributed by atoms with E-state index in [1.54, 1.807) is 29.7 Å². The van der Waals surface area contributed by atoms with E-state index in [9.17, 15) is 13.6 Å². The van der Waals surface area contributed by atoms with Crippen molar-refractivity contribution < 1.29 is 13.6 Å². The highest BCUT2D eigenvalue weighted by atomic mass is 19.1. The first-order chi connectivity index (χ1) is 11.5. The molecule has 122 valence electrons. The van der Waals surface area contributed by atoms with E-state index >= 15 is 0 Å². The average Bonchev–Trinajstić information content (AvgIpc) is 2.90. The van der Waals surface area contributed by atoms with Gasteiger partial charge in [-0.1, -0.05) is 6.07 Å². The summed E-state index contributed by atoms with van der Waals surface area (Å²) in [4.78, 5) is 16.7. The molecule has 3 aromatic rings. The van der Waals surface area contributed by atoms with Crippen LogP contribution >= 0.6 is 0 Å². The predicted octanol–water partition coefficient (Wildman–Crippen LogP) is 3.07. The number of amides is 1. The molecule has 0 spiro atoms. The quantitative estimate of drug-likeness (QED) is 0.593. The lowest BCUT2D eigenvalue weighted by molar-refractivity contribution is 0.0948. The highest BCUT2D eigenvalue weighted by Gasteiger charge is 2.16. The summed E-state index contributed by atoms with van der Waals surface area (Å²) in [7, 11) is 0. The van der Waals surface area contributed by atoms with E-state index in [1.165, 1.54) is 6.92 Å². The Kier molecular flexibility index (Phi) is 4.07. The average molecular weight is 328 g/mol. The smallest absolute Gasteiger partial charge is 0.290 e. The number of nitrogens with zero attached hydrogens (tertiary/aromatic N) is 3. The Morgan fingerprint density at radius 2 is 2.04 bits per heavy atom. The van der Waals surface area contributed by atoms with Crippen molar-refractivity contribution in [2.24, 2.45) is 5.10 Å². The van der Waals surface area contributed by atoms with E-state index < -0.39 is 17.5 Å². The Morgan fingerprint density at radius 3 is 2.83 bits per heavy atom. The molecule has 1 aromatic carbocycles. The largest absolute Gasteiger partial charge is 0.295 e. The molecule has 0 radical (unpaired) electrons. The van der Waals surface area contributed by atoms with Crippen LogP contribution < -0.4 is 5.43 Å². The third-order valence-corrected chi connectivity index (χ3v) is 3.56. The molecule has 0 aliphatic carbocycles. The summed E-state index contributed by atoms with van der Waals surface area (Å²) in [6.45, 7) is 3.20. The first-order valence-corrected chi connectivity index (χ1v) is 7.21. The number of aryl methyl sites for hydroxylation is 1. The van der Waals surface area contributed by atoms with Gasteiger partial charge in [0.15, 0.2) is 0 Å². The van der Waals surface area contributed by atoms with E-state index in [0.717, 1.165) is 18.2 Å². The lowest BCUT2D eigenvalue weighted by Crippen LogP contribution is -2.22. The van der Waals surface area contributed by atoms with Gasteiger partial charge in [0.25, 0.3) is 5.91 Å². The fourth-order valence-corrected chi connectivity index (χ4v) is 2.41. The minimum absolute atomic E-state index is 0.00911. The van der Waals surface area contributed by atoms with Crippen molar-refractivity contribution in [3.63, 3.8) is 0 Å². The first-order valence-electron chi connectivity index (χ1n) is 7.21. The van der Waals surface area contributed by atoms with Crippen LogP contribution in [0.5, 0.6) is 0 Å². The maximum atomic E-state index is 13.7. The molecule has 2 heterocycles. The zero-order chi connectivity index (χ0) is 17.3. The number of hydrazone groups is 1. The van der Waals surface area contributed by atoms with Crippen molar-refractivity contribution >= 4 is 17.3 Å². The second kappa shape index (κ2) is 6.19. The van der Waals surface area contributed by atoms with Crippen molar-refractivity contribution in [3.8, 4) is 0 Å². The van der Waals surface area contributed by atoms with Crippen LogP contribution in [0, 0.1) is 18.6 Å². The third-order valence-electron chi connectivity index (χ3n) is 3.56. The fourth-order valence-electron chi connectivity index (χ4n) is 2.41. The van der Waals surface area contributed by atoms with Crippen LogP contribution in [0.25, 0.3) is 5.65 Å². The highest BCUT2D eigenvalue weighted by molar-refractivity contribution is 6.01. The normalized spacial score (nSPS) is 11.8. The van der Waals surface area contributed by atoms with E-state index in [2.05, 4.69) is 15.5 Å². The van der Waals surface area contributed by atoms with Crippen LogP contribution in [0.3, 0.4) is 0 Å². The molecule has 7 heteroatoms. The molecule has 1 N–H and O–H groups in total. The number of aromatic nitrogens is 2. The third kappa shape index (κ3) is 2.88. The van der Waals surface area contributed by atoms with Crippen LogP contribution in [0.2, 0.25) is 0 Å². The minimum atomic E-state index is -0.613. The van der Waals surface area contributed by atoms with Gasteiger partial charge in [-0.2, -0.15) is 5.10 Å². The number of halogens is 2. The number of carbonyl (C=O) groups excluding carboxylic acids is 1. The van der Waals surface area contributed by atoms with Gasteiger partial charge in [0, 0.05) is 11.8 Å². The molecule has 3 rings (SSSR count). The van der Waals surface area contributed by atoms with Crippen molar-refractivity contribution in [2.75, 3.05) is 0 Å². The van der Waals surface area contributed by atoms with Crippen LogP contribution in [0.1, 0.15) is 28.7 Å². The lowest BCUT2D eigenvalue weighted by Gasteiger charge is -2.05. The van der Waals surface area contributed by atoms with Crippen LogP contribution in [-0.4, -0.2) is 21.0 Å². The number of carbonyl (C=O) groups is 1. The van der Waals surface area contributed by atoms with Gasteiger partial charge < -0.3 is 0 Å². The van der Waals surface area contributed by atoms with Gasteiger partial charge in [-0.25, -0.2) is 19.2 Å². The standard InChI is InChI=1S/C17H14F2N4O/c1-10(13-9-12(18)6-7-14(13)19)21-22-17(24)16-11(2)20-15-5-3-4-8-23(15)16/h3-9H,1-2H3,(H,22,24)/b21-10-. The number of imidazole rings is 1. The number of benzene rings is 1. The van der Waals surface area contributed by atoms with Gasteiger partial charge in [0.05, 0.1) is 11.4 Å². The summed E-state index contributed by atoms with van der Waals surface area (Å²) in [5, 5.41) is 3.87. The molecule has 0 aliphatic heterocycles. The second-order valence-corrected chi connectivity index (χ2v) is 5.24. The SMILES string of the molecule is C/C(=N/NC(=O)c1c(C)nc2ccccn12)c1cc(F)ccc1F. The van der Waals surface area contributed by atoms with Crippen LogP contribution in [0.15, 0.2) is 47.7 Å². The van der Waals surface area contributed by atoms with Gasteiger partial charge in [-0.3, -0.25) is 9.20 Å². The van der Waals surface area contributed by atoms with Crippen molar-refractivity contribution in [1.29, 1.82) is 0 Å². The minimum Gasteiger partial charge on any atom is -0.295 e. The summed E-state index contributed by atoms with van der Waals surface area (Å²) < 4.78 is 28.6. The van der Waals surface area contributed by atoms with E-state index in [4.69, 9.17) is 0 Å². The Balaban J connectivity index is 1.89.